The molecule has 0 spiro atoms. The monoisotopic (exact) mass is 407 g/mol. The van der Waals surface area contributed by atoms with Gasteiger partial charge in [-0.1, -0.05) is 12.1 Å². The normalized spacial score (nSPS) is 14.6. The highest BCUT2D eigenvalue weighted by molar-refractivity contribution is 5.69. The standard InChI is InChI=1S/C23H25N3O4/c1-16-13-18(5-6-22(16)27)21-15-20(24-23(28)25-21)17-3-2-4-19(14-17)30-12-9-26-7-10-29-11-8-26/h2-6,13-15,27H,7-12H2,1H3,(H,24,25,28). The Hall–Kier alpha value is -3.16. The van der Waals surface area contributed by atoms with Crippen molar-refractivity contribution in [2.24, 2.45) is 0 Å². The molecule has 1 aliphatic rings. The number of nitrogens with zero attached hydrogens (tertiary/aromatic N) is 2. The van der Waals surface area contributed by atoms with Gasteiger partial charge in [0.25, 0.3) is 0 Å². The smallest absolute Gasteiger partial charge is 0.345 e. The molecule has 7 heteroatoms. The Labute approximate surface area is 174 Å². The van der Waals surface area contributed by atoms with E-state index in [1.54, 1.807) is 12.1 Å². The van der Waals surface area contributed by atoms with Crippen LogP contribution in [0.15, 0.2) is 53.3 Å². The number of aromatic amines is 1. The van der Waals surface area contributed by atoms with Crippen LogP contribution in [-0.2, 0) is 4.74 Å². The number of hydrogen-bond acceptors (Lipinski definition) is 6. The lowest BCUT2D eigenvalue weighted by Gasteiger charge is -2.26. The topological polar surface area (TPSA) is 87.7 Å². The molecule has 1 aromatic heterocycles. The van der Waals surface area contributed by atoms with Crippen LogP contribution in [0.1, 0.15) is 5.56 Å². The van der Waals surface area contributed by atoms with Gasteiger partial charge in [0.2, 0.25) is 0 Å². The molecule has 3 aromatic rings. The van der Waals surface area contributed by atoms with Crippen LogP contribution in [0.25, 0.3) is 22.5 Å². The van der Waals surface area contributed by atoms with Crippen molar-refractivity contribution in [3.8, 4) is 34.0 Å². The van der Waals surface area contributed by atoms with E-state index in [0.717, 1.165) is 55.3 Å². The first kappa shape index (κ1) is 20.1. The van der Waals surface area contributed by atoms with E-state index in [4.69, 9.17) is 9.47 Å². The van der Waals surface area contributed by atoms with Gasteiger partial charge in [0, 0.05) is 30.8 Å². The quantitative estimate of drug-likeness (QED) is 0.653. The molecule has 4 rings (SSSR count). The highest BCUT2D eigenvalue weighted by atomic mass is 16.5. The van der Waals surface area contributed by atoms with Crippen molar-refractivity contribution in [1.29, 1.82) is 0 Å². The molecule has 0 amide bonds. The summed E-state index contributed by atoms with van der Waals surface area (Å²) in [7, 11) is 0. The molecule has 0 saturated carbocycles. The zero-order chi connectivity index (χ0) is 20.9. The lowest BCUT2D eigenvalue weighted by molar-refractivity contribution is 0.0322. The van der Waals surface area contributed by atoms with Crippen LogP contribution in [0, 0.1) is 6.92 Å². The van der Waals surface area contributed by atoms with Crippen LogP contribution in [0.2, 0.25) is 0 Å². The fraction of sp³-hybridized carbons (Fsp3) is 0.304. The van der Waals surface area contributed by atoms with Gasteiger partial charge in [-0.15, -0.1) is 0 Å². The largest absolute Gasteiger partial charge is 0.508 e. The summed E-state index contributed by atoms with van der Waals surface area (Å²) in [5.74, 6) is 0.964. The van der Waals surface area contributed by atoms with Gasteiger partial charge in [0.05, 0.1) is 24.6 Å². The van der Waals surface area contributed by atoms with Crippen molar-refractivity contribution < 1.29 is 14.6 Å². The van der Waals surface area contributed by atoms with Crippen molar-refractivity contribution in [1.82, 2.24) is 14.9 Å². The molecule has 7 nitrogen and oxygen atoms in total. The van der Waals surface area contributed by atoms with Gasteiger partial charge >= 0.3 is 5.69 Å². The number of aryl methyl sites for hydroxylation is 1. The van der Waals surface area contributed by atoms with Crippen LogP contribution >= 0.6 is 0 Å². The van der Waals surface area contributed by atoms with E-state index in [1.165, 1.54) is 0 Å². The van der Waals surface area contributed by atoms with E-state index >= 15 is 0 Å². The van der Waals surface area contributed by atoms with Crippen molar-refractivity contribution in [3.63, 3.8) is 0 Å². The highest BCUT2D eigenvalue weighted by Gasteiger charge is 2.11. The third-order valence-corrected chi connectivity index (χ3v) is 5.16. The number of benzene rings is 2. The first-order valence-corrected chi connectivity index (χ1v) is 10.0. The Kier molecular flexibility index (Phi) is 6.11. The average Bonchev–Trinajstić information content (AvgIpc) is 2.76. The first-order valence-electron chi connectivity index (χ1n) is 10.0. The van der Waals surface area contributed by atoms with E-state index in [2.05, 4.69) is 14.9 Å². The fourth-order valence-corrected chi connectivity index (χ4v) is 3.45. The number of rotatable bonds is 6. The van der Waals surface area contributed by atoms with Crippen LogP contribution in [0.3, 0.4) is 0 Å². The number of phenols is 1. The van der Waals surface area contributed by atoms with Crippen LogP contribution in [0.5, 0.6) is 11.5 Å². The predicted octanol–water partition coefficient (Wildman–Crippen LogP) is 2.83. The zero-order valence-electron chi connectivity index (χ0n) is 16.9. The minimum absolute atomic E-state index is 0.214. The van der Waals surface area contributed by atoms with E-state index in [-0.39, 0.29) is 5.75 Å². The summed E-state index contributed by atoms with van der Waals surface area (Å²) in [6.45, 7) is 6.66. The molecule has 30 heavy (non-hydrogen) atoms. The Morgan fingerprint density at radius 3 is 2.77 bits per heavy atom. The highest BCUT2D eigenvalue weighted by Crippen LogP contribution is 2.27. The van der Waals surface area contributed by atoms with E-state index < -0.39 is 5.69 Å². The average molecular weight is 407 g/mol. The predicted molar refractivity (Wildman–Crippen MR) is 115 cm³/mol. The molecule has 2 aromatic carbocycles. The van der Waals surface area contributed by atoms with Crippen LogP contribution in [0.4, 0.5) is 0 Å². The minimum Gasteiger partial charge on any atom is -0.508 e. The van der Waals surface area contributed by atoms with Crippen molar-refractivity contribution >= 4 is 0 Å². The summed E-state index contributed by atoms with van der Waals surface area (Å²) >= 11 is 0. The maximum Gasteiger partial charge on any atom is 0.345 e. The molecule has 0 bridgehead atoms. The van der Waals surface area contributed by atoms with E-state index in [1.807, 2.05) is 43.3 Å². The zero-order valence-corrected chi connectivity index (χ0v) is 16.9. The number of H-pyrrole nitrogens is 1. The summed E-state index contributed by atoms with van der Waals surface area (Å²) in [6.07, 6.45) is 0. The van der Waals surface area contributed by atoms with Gasteiger partial charge in [-0.3, -0.25) is 4.90 Å². The molecule has 2 N–H and O–H groups in total. The van der Waals surface area contributed by atoms with E-state index in [0.29, 0.717) is 18.0 Å². The SMILES string of the molecule is Cc1cc(-c2cc(-c3cccc(OCCN4CCOCC4)c3)[nH]c(=O)n2)ccc1O. The number of hydrogen-bond donors (Lipinski definition) is 2. The second kappa shape index (κ2) is 9.11. The fourth-order valence-electron chi connectivity index (χ4n) is 3.45. The second-order valence-corrected chi connectivity index (χ2v) is 7.32. The molecule has 0 aliphatic carbocycles. The molecular formula is C23H25N3O4. The van der Waals surface area contributed by atoms with Gasteiger partial charge in [-0.25, -0.2) is 4.79 Å². The summed E-state index contributed by atoms with van der Waals surface area (Å²) in [5.41, 5.74) is 3.13. The molecule has 156 valence electrons. The number of ether oxygens (including phenoxy) is 2. The second-order valence-electron chi connectivity index (χ2n) is 7.32. The Morgan fingerprint density at radius 1 is 1.13 bits per heavy atom. The lowest BCUT2D eigenvalue weighted by Crippen LogP contribution is -2.38. The third kappa shape index (κ3) is 4.87. The number of aromatic nitrogens is 2. The summed E-state index contributed by atoms with van der Waals surface area (Å²) in [4.78, 5) is 21.4. The maximum atomic E-state index is 12.2. The molecule has 2 heterocycles. The van der Waals surface area contributed by atoms with Crippen molar-refractivity contribution in [3.05, 3.63) is 64.6 Å². The molecule has 0 unspecified atom stereocenters. The van der Waals surface area contributed by atoms with Gasteiger partial charge in [0.15, 0.2) is 0 Å². The van der Waals surface area contributed by atoms with Crippen LogP contribution < -0.4 is 10.4 Å². The van der Waals surface area contributed by atoms with E-state index in [9.17, 15) is 9.90 Å². The Balaban J connectivity index is 1.52. The molecular weight excluding hydrogens is 382 g/mol. The van der Waals surface area contributed by atoms with Gasteiger partial charge in [0.1, 0.15) is 18.1 Å². The summed E-state index contributed by atoms with van der Waals surface area (Å²) in [5, 5.41) is 9.75. The molecule has 0 radical (unpaired) electrons. The molecule has 1 fully saturated rings. The minimum atomic E-state index is -0.424. The molecule has 0 atom stereocenters. The number of nitrogens with one attached hydrogen (secondary N) is 1. The first-order chi connectivity index (χ1) is 14.6. The number of aromatic hydroxyl groups is 1. The van der Waals surface area contributed by atoms with Gasteiger partial charge < -0.3 is 19.6 Å². The maximum absolute atomic E-state index is 12.2. The van der Waals surface area contributed by atoms with Crippen molar-refractivity contribution in [2.45, 2.75) is 6.92 Å². The van der Waals surface area contributed by atoms with Crippen molar-refractivity contribution in [2.75, 3.05) is 39.5 Å². The molecule has 1 saturated heterocycles. The van der Waals surface area contributed by atoms with Gasteiger partial charge in [-0.05, 0) is 48.9 Å². The number of phenolic OH excluding ortho intramolecular Hbond substituents is 1. The number of morpholine rings is 1. The Morgan fingerprint density at radius 2 is 1.97 bits per heavy atom. The summed E-state index contributed by atoms with van der Waals surface area (Å²) < 4.78 is 11.3. The lowest BCUT2D eigenvalue weighted by atomic mass is 10.1. The van der Waals surface area contributed by atoms with Crippen LogP contribution in [-0.4, -0.2) is 59.4 Å². The summed E-state index contributed by atoms with van der Waals surface area (Å²) in [6, 6.07) is 14.7. The molecule has 1 aliphatic heterocycles. The third-order valence-electron chi connectivity index (χ3n) is 5.16. The Bertz CT molecular complexity index is 1070. The van der Waals surface area contributed by atoms with Gasteiger partial charge in [-0.2, -0.15) is 4.98 Å².